The van der Waals surface area contributed by atoms with Crippen molar-refractivity contribution in [1.82, 2.24) is 4.90 Å². The molecule has 6 heteroatoms. The maximum Gasteiger partial charge on any atom is 0.240 e. The van der Waals surface area contributed by atoms with Crippen molar-refractivity contribution in [3.63, 3.8) is 0 Å². The van der Waals surface area contributed by atoms with Crippen LogP contribution in [0.3, 0.4) is 0 Å². The van der Waals surface area contributed by atoms with Gasteiger partial charge in [0.15, 0.2) is 0 Å². The predicted octanol–water partition coefficient (Wildman–Crippen LogP) is 4.25. The molecule has 2 aromatic rings. The van der Waals surface area contributed by atoms with Gasteiger partial charge in [-0.05, 0) is 17.2 Å². The van der Waals surface area contributed by atoms with Crippen molar-refractivity contribution >= 4 is 39.5 Å². The summed E-state index contributed by atoms with van der Waals surface area (Å²) in [6.45, 7) is 2.54. The van der Waals surface area contributed by atoms with Gasteiger partial charge in [0, 0.05) is 18.8 Å². The predicted molar refractivity (Wildman–Crippen MR) is 109 cm³/mol. The summed E-state index contributed by atoms with van der Waals surface area (Å²) >= 11 is 3.28. The Labute approximate surface area is 162 Å². The highest BCUT2D eigenvalue weighted by Crippen LogP contribution is 2.41. The first kappa shape index (κ1) is 17.6. The zero-order valence-corrected chi connectivity index (χ0v) is 16.0. The minimum Gasteiger partial charge on any atom is -0.378 e. The number of hydrogen-bond donors (Lipinski definition) is 0. The Hall–Kier alpha value is -1.76. The molecule has 2 aliphatic rings. The molecule has 134 valence electrons. The molecule has 0 radical (unpaired) electrons. The van der Waals surface area contributed by atoms with Gasteiger partial charge in [-0.2, -0.15) is 0 Å². The number of fused-ring (bicyclic) bond motifs is 1. The van der Waals surface area contributed by atoms with E-state index in [1.165, 1.54) is 5.56 Å². The third-order valence-electron chi connectivity index (χ3n) is 4.42. The van der Waals surface area contributed by atoms with Crippen LogP contribution < -0.4 is 0 Å². The zero-order chi connectivity index (χ0) is 17.8. The van der Waals surface area contributed by atoms with Crippen LogP contribution in [0.15, 0.2) is 59.6 Å². The van der Waals surface area contributed by atoms with Crippen LogP contribution in [0.4, 0.5) is 5.69 Å². The number of thioether (sulfide) groups is 2. The summed E-state index contributed by atoms with van der Waals surface area (Å²) in [4.78, 5) is 19.9. The number of para-hydroxylation sites is 1. The van der Waals surface area contributed by atoms with E-state index in [-0.39, 0.29) is 11.2 Å². The van der Waals surface area contributed by atoms with E-state index in [0.29, 0.717) is 26.3 Å². The Morgan fingerprint density at radius 2 is 1.81 bits per heavy atom. The van der Waals surface area contributed by atoms with E-state index in [1.807, 2.05) is 53.4 Å². The Bertz CT molecular complexity index is 804. The molecule has 0 spiro atoms. The quantitative estimate of drug-likeness (QED) is 0.793. The van der Waals surface area contributed by atoms with E-state index in [4.69, 9.17) is 9.73 Å². The standard InChI is InChI=1S/C20H20N2O2S2/c23-19(22-10-12-24-13-11-22)18(15-6-2-1-3-7-15)26-20-21-17-9-5-4-8-16(17)14-25-20/h1-9,18H,10-14H2. The van der Waals surface area contributed by atoms with E-state index < -0.39 is 0 Å². The van der Waals surface area contributed by atoms with Gasteiger partial charge in [0.1, 0.15) is 9.63 Å². The lowest BCUT2D eigenvalue weighted by Crippen LogP contribution is -2.42. The molecular weight excluding hydrogens is 364 g/mol. The summed E-state index contributed by atoms with van der Waals surface area (Å²) < 4.78 is 6.35. The summed E-state index contributed by atoms with van der Waals surface area (Å²) in [6.07, 6.45) is 0. The van der Waals surface area contributed by atoms with Gasteiger partial charge in [-0.15, -0.1) is 0 Å². The monoisotopic (exact) mass is 384 g/mol. The van der Waals surface area contributed by atoms with Crippen LogP contribution in [0.1, 0.15) is 16.4 Å². The van der Waals surface area contributed by atoms with Crippen LogP contribution in [-0.4, -0.2) is 41.5 Å². The second-order valence-corrected chi connectivity index (χ2v) is 8.46. The first-order valence-electron chi connectivity index (χ1n) is 8.69. The van der Waals surface area contributed by atoms with Crippen LogP contribution in [-0.2, 0) is 15.3 Å². The number of morpholine rings is 1. The molecule has 1 unspecified atom stereocenters. The number of ether oxygens (including phenoxy) is 1. The van der Waals surface area contributed by atoms with Crippen LogP contribution >= 0.6 is 23.5 Å². The lowest BCUT2D eigenvalue weighted by molar-refractivity contribution is -0.134. The number of benzene rings is 2. The van der Waals surface area contributed by atoms with Crippen molar-refractivity contribution in [2.24, 2.45) is 4.99 Å². The van der Waals surface area contributed by atoms with Gasteiger partial charge in [0.05, 0.1) is 18.9 Å². The first-order valence-corrected chi connectivity index (χ1v) is 10.6. The fraction of sp³-hybridized carbons (Fsp3) is 0.300. The number of hydrogen-bond acceptors (Lipinski definition) is 5. The van der Waals surface area contributed by atoms with Crippen molar-refractivity contribution in [3.05, 3.63) is 65.7 Å². The second-order valence-electron chi connectivity index (χ2n) is 6.14. The zero-order valence-electron chi connectivity index (χ0n) is 14.3. The molecule has 0 bridgehead atoms. The average molecular weight is 385 g/mol. The number of aliphatic imine (C=N–C) groups is 1. The molecule has 2 aromatic carbocycles. The van der Waals surface area contributed by atoms with Crippen molar-refractivity contribution in [2.75, 3.05) is 26.3 Å². The Morgan fingerprint density at radius 3 is 2.62 bits per heavy atom. The third-order valence-corrected chi connectivity index (χ3v) is 6.86. The molecule has 4 rings (SSSR count). The maximum atomic E-state index is 13.2. The summed E-state index contributed by atoms with van der Waals surface area (Å²) in [7, 11) is 0. The molecule has 2 heterocycles. The molecule has 0 aromatic heterocycles. The highest BCUT2D eigenvalue weighted by molar-refractivity contribution is 8.38. The molecular formula is C20H20N2O2S2. The molecule has 0 N–H and O–H groups in total. The minimum atomic E-state index is -0.272. The van der Waals surface area contributed by atoms with Gasteiger partial charge in [-0.25, -0.2) is 4.99 Å². The molecule has 0 saturated carbocycles. The highest BCUT2D eigenvalue weighted by Gasteiger charge is 2.30. The SMILES string of the molecule is O=C(C(SC1=Nc2ccccc2CS1)c1ccccc1)N1CCOCC1. The summed E-state index contributed by atoms with van der Waals surface area (Å²) in [5, 5.41) is -0.272. The average Bonchev–Trinajstić information content (AvgIpc) is 2.73. The van der Waals surface area contributed by atoms with Crippen molar-refractivity contribution in [1.29, 1.82) is 0 Å². The van der Waals surface area contributed by atoms with Gasteiger partial charge in [-0.3, -0.25) is 4.79 Å². The molecule has 26 heavy (non-hydrogen) atoms. The van der Waals surface area contributed by atoms with Gasteiger partial charge < -0.3 is 9.64 Å². The molecule has 1 fully saturated rings. The largest absolute Gasteiger partial charge is 0.378 e. The molecule has 4 nitrogen and oxygen atoms in total. The summed E-state index contributed by atoms with van der Waals surface area (Å²) in [5.41, 5.74) is 3.29. The van der Waals surface area contributed by atoms with E-state index >= 15 is 0 Å². The number of nitrogens with zero attached hydrogens (tertiary/aromatic N) is 2. The fourth-order valence-corrected chi connectivity index (χ4v) is 5.33. The Morgan fingerprint density at radius 1 is 1.08 bits per heavy atom. The highest BCUT2D eigenvalue weighted by atomic mass is 32.2. The molecule has 1 atom stereocenters. The van der Waals surface area contributed by atoms with Crippen molar-refractivity contribution in [3.8, 4) is 0 Å². The van der Waals surface area contributed by atoms with Gasteiger partial charge in [-0.1, -0.05) is 72.1 Å². The Kier molecular flexibility index (Phi) is 5.62. The van der Waals surface area contributed by atoms with E-state index in [2.05, 4.69) is 6.07 Å². The van der Waals surface area contributed by atoms with E-state index in [9.17, 15) is 4.79 Å². The lowest BCUT2D eigenvalue weighted by atomic mass is 10.1. The van der Waals surface area contributed by atoms with Crippen LogP contribution in [0.2, 0.25) is 0 Å². The third kappa shape index (κ3) is 3.98. The number of rotatable bonds is 3. The van der Waals surface area contributed by atoms with Crippen LogP contribution in [0.25, 0.3) is 0 Å². The second kappa shape index (κ2) is 8.29. The van der Waals surface area contributed by atoms with Gasteiger partial charge >= 0.3 is 0 Å². The molecule has 0 aliphatic carbocycles. The number of amides is 1. The van der Waals surface area contributed by atoms with Crippen LogP contribution in [0.5, 0.6) is 0 Å². The maximum absolute atomic E-state index is 13.2. The lowest BCUT2D eigenvalue weighted by Gasteiger charge is -2.30. The molecule has 1 saturated heterocycles. The van der Waals surface area contributed by atoms with Crippen LogP contribution in [0, 0.1) is 0 Å². The minimum absolute atomic E-state index is 0.145. The van der Waals surface area contributed by atoms with Crippen molar-refractivity contribution < 1.29 is 9.53 Å². The van der Waals surface area contributed by atoms with Gasteiger partial charge in [0.25, 0.3) is 0 Å². The fourth-order valence-electron chi connectivity index (χ4n) is 3.01. The number of carbonyl (C=O) groups excluding carboxylic acids is 1. The molecule has 2 aliphatic heterocycles. The first-order chi connectivity index (χ1) is 12.8. The van der Waals surface area contributed by atoms with Gasteiger partial charge in [0.2, 0.25) is 5.91 Å². The number of carbonyl (C=O) groups is 1. The van der Waals surface area contributed by atoms with E-state index in [0.717, 1.165) is 21.4 Å². The molecule has 1 amide bonds. The topological polar surface area (TPSA) is 41.9 Å². The smallest absolute Gasteiger partial charge is 0.240 e. The van der Waals surface area contributed by atoms with Crippen molar-refractivity contribution in [2.45, 2.75) is 11.0 Å². The summed E-state index contributed by atoms with van der Waals surface area (Å²) in [6, 6.07) is 18.2. The summed E-state index contributed by atoms with van der Waals surface area (Å²) in [5.74, 6) is 1.04. The van der Waals surface area contributed by atoms with E-state index in [1.54, 1.807) is 23.5 Å². The normalized spacial score (nSPS) is 18.0. The Balaban J connectivity index is 1.59.